The van der Waals surface area contributed by atoms with Gasteiger partial charge in [0, 0.05) is 29.7 Å². The molecule has 176 valence electrons. The van der Waals surface area contributed by atoms with Crippen molar-refractivity contribution in [2.24, 2.45) is 0 Å². The molecule has 35 heavy (non-hydrogen) atoms. The lowest BCUT2D eigenvalue weighted by atomic mass is 10.2. The van der Waals surface area contributed by atoms with E-state index >= 15 is 0 Å². The van der Waals surface area contributed by atoms with Crippen molar-refractivity contribution in [3.63, 3.8) is 0 Å². The molecule has 9 nitrogen and oxygen atoms in total. The summed E-state index contributed by atoms with van der Waals surface area (Å²) in [7, 11) is -3.88. The molecule has 0 amide bonds. The lowest BCUT2D eigenvalue weighted by molar-refractivity contribution is 0.0472. The Morgan fingerprint density at radius 3 is 2.60 bits per heavy atom. The van der Waals surface area contributed by atoms with E-state index in [0.29, 0.717) is 35.8 Å². The first kappa shape index (κ1) is 22.3. The van der Waals surface area contributed by atoms with Crippen LogP contribution in [0, 0.1) is 11.3 Å². The van der Waals surface area contributed by atoms with E-state index in [2.05, 4.69) is 10.8 Å². The number of hydrogen-bond donors (Lipinski definition) is 1. The molecule has 1 aliphatic rings. The molecule has 0 fully saturated rings. The molecule has 0 unspecified atom stereocenters. The topological polar surface area (TPSA) is 119 Å². The zero-order valence-corrected chi connectivity index (χ0v) is 19.1. The van der Waals surface area contributed by atoms with Gasteiger partial charge in [0.25, 0.3) is 10.0 Å². The van der Waals surface area contributed by atoms with Gasteiger partial charge in [-0.3, -0.25) is 4.72 Å². The molecule has 10 heteroatoms. The molecule has 0 spiro atoms. The van der Waals surface area contributed by atoms with Crippen LogP contribution in [0.15, 0.2) is 78.0 Å². The van der Waals surface area contributed by atoms with E-state index in [-0.39, 0.29) is 22.8 Å². The predicted molar refractivity (Wildman–Crippen MR) is 126 cm³/mol. The number of hydrogen-bond acceptors (Lipinski definition) is 7. The van der Waals surface area contributed by atoms with Crippen molar-refractivity contribution in [1.82, 2.24) is 4.40 Å². The number of pyridine rings is 1. The Hall–Kier alpha value is -4.49. The number of sulfonamides is 1. The summed E-state index contributed by atoms with van der Waals surface area (Å²) in [6.45, 7) is 0.691. The van der Waals surface area contributed by atoms with Crippen molar-refractivity contribution in [2.75, 3.05) is 17.9 Å². The maximum absolute atomic E-state index is 12.8. The predicted octanol–water partition coefficient (Wildman–Crippen LogP) is 3.74. The third-order valence-corrected chi connectivity index (χ3v) is 6.81. The molecule has 1 N–H and O–H groups in total. The summed E-state index contributed by atoms with van der Waals surface area (Å²) in [5.74, 6) is 0.270. The summed E-state index contributed by atoms with van der Waals surface area (Å²) in [6.07, 6.45) is 3.56. The second-order valence-corrected chi connectivity index (χ2v) is 9.38. The third-order valence-electron chi connectivity index (χ3n) is 5.43. The van der Waals surface area contributed by atoms with Crippen LogP contribution in [0.4, 0.5) is 5.69 Å². The molecule has 2 aromatic carbocycles. The Morgan fingerprint density at radius 2 is 1.83 bits per heavy atom. The zero-order valence-electron chi connectivity index (χ0n) is 18.3. The summed E-state index contributed by atoms with van der Waals surface area (Å²) in [5.41, 5.74) is 2.30. The number of benzene rings is 2. The SMILES string of the molecule is N#Cc1c(COC(=O)c2ccc(NS(=O)(=O)c3ccc4c(c3)OCCO4)cc2)cn2ccccc12. The molecule has 0 atom stereocenters. The quantitative estimate of drug-likeness (QED) is 0.410. The fourth-order valence-electron chi connectivity index (χ4n) is 3.72. The number of rotatable bonds is 6. The molecule has 3 heterocycles. The van der Waals surface area contributed by atoms with Crippen molar-refractivity contribution in [3.8, 4) is 17.6 Å². The average Bonchev–Trinajstić information content (AvgIpc) is 3.24. The molecular weight excluding hydrogens is 470 g/mol. The van der Waals surface area contributed by atoms with Crippen LogP contribution in [-0.2, 0) is 21.4 Å². The number of anilines is 1. The monoisotopic (exact) mass is 489 g/mol. The second-order valence-electron chi connectivity index (χ2n) is 7.70. The van der Waals surface area contributed by atoms with Crippen molar-refractivity contribution >= 4 is 27.2 Å². The van der Waals surface area contributed by atoms with Crippen LogP contribution >= 0.6 is 0 Å². The van der Waals surface area contributed by atoms with Gasteiger partial charge in [-0.25, -0.2) is 13.2 Å². The number of nitrogens with one attached hydrogen (secondary N) is 1. The highest BCUT2D eigenvalue weighted by Gasteiger charge is 2.20. The first-order valence-electron chi connectivity index (χ1n) is 10.6. The first-order valence-corrected chi connectivity index (χ1v) is 12.1. The zero-order chi connectivity index (χ0) is 24.4. The van der Waals surface area contributed by atoms with Gasteiger partial charge >= 0.3 is 5.97 Å². The lowest BCUT2D eigenvalue weighted by Gasteiger charge is -2.19. The fourth-order valence-corrected chi connectivity index (χ4v) is 4.80. The van der Waals surface area contributed by atoms with Gasteiger partial charge in [-0.2, -0.15) is 5.26 Å². The van der Waals surface area contributed by atoms with Gasteiger partial charge in [0.2, 0.25) is 0 Å². The molecule has 4 aromatic rings. The van der Waals surface area contributed by atoms with Gasteiger partial charge < -0.3 is 18.6 Å². The average molecular weight is 490 g/mol. The van der Waals surface area contributed by atoms with E-state index in [1.54, 1.807) is 16.7 Å². The van der Waals surface area contributed by atoms with Gasteiger partial charge in [0.05, 0.1) is 21.5 Å². The van der Waals surface area contributed by atoms with Crippen molar-refractivity contribution in [3.05, 3.63) is 89.7 Å². The normalized spacial score (nSPS) is 12.7. The minimum absolute atomic E-state index is 0.0264. The molecule has 0 aliphatic carbocycles. The van der Waals surface area contributed by atoms with Gasteiger partial charge in [0.1, 0.15) is 25.9 Å². The van der Waals surface area contributed by atoms with Crippen LogP contribution < -0.4 is 14.2 Å². The number of aromatic nitrogens is 1. The molecule has 2 aromatic heterocycles. The Morgan fingerprint density at radius 1 is 1.06 bits per heavy atom. The Bertz CT molecular complexity index is 1570. The van der Waals surface area contributed by atoms with Crippen LogP contribution in [0.1, 0.15) is 21.5 Å². The van der Waals surface area contributed by atoms with Gasteiger partial charge in [-0.05, 0) is 48.5 Å². The van der Waals surface area contributed by atoms with Gasteiger partial charge in [0.15, 0.2) is 11.5 Å². The van der Waals surface area contributed by atoms with Crippen molar-refractivity contribution in [1.29, 1.82) is 5.26 Å². The van der Waals surface area contributed by atoms with Crippen LogP contribution in [0.2, 0.25) is 0 Å². The molecule has 5 rings (SSSR count). The number of carbonyl (C=O) groups is 1. The molecule has 1 aliphatic heterocycles. The van der Waals surface area contributed by atoms with E-state index in [4.69, 9.17) is 14.2 Å². The number of esters is 1. The summed E-state index contributed by atoms with van der Waals surface area (Å²) in [6, 6.07) is 17.9. The standard InChI is InChI=1S/C25H19N3O6S/c26-14-21-18(15-28-10-2-1-3-22(21)28)16-34-25(29)17-4-6-19(7-5-17)27-35(30,31)20-8-9-23-24(13-20)33-12-11-32-23/h1-10,13,15,27H,11-12,16H2. The van der Waals surface area contributed by atoms with Crippen LogP contribution in [0.5, 0.6) is 11.5 Å². The van der Waals surface area contributed by atoms with Crippen molar-refractivity contribution in [2.45, 2.75) is 11.5 Å². The summed E-state index contributed by atoms with van der Waals surface area (Å²) in [5, 5.41) is 9.48. The highest BCUT2D eigenvalue weighted by Crippen LogP contribution is 2.32. The van der Waals surface area contributed by atoms with Crippen LogP contribution in [0.25, 0.3) is 5.52 Å². The molecule has 0 saturated carbocycles. The van der Waals surface area contributed by atoms with E-state index in [1.807, 2.05) is 24.4 Å². The second kappa shape index (κ2) is 9.04. The number of fused-ring (bicyclic) bond motifs is 2. The van der Waals surface area contributed by atoms with E-state index < -0.39 is 16.0 Å². The maximum atomic E-state index is 12.8. The molecule has 0 saturated heterocycles. The number of carbonyl (C=O) groups excluding carboxylic acids is 1. The maximum Gasteiger partial charge on any atom is 0.338 e. The van der Waals surface area contributed by atoms with Crippen LogP contribution in [-0.4, -0.2) is 32.0 Å². The largest absolute Gasteiger partial charge is 0.486 e. The first-order chi connectivity index (χ1) is 16.9. The Labute approximate surface area is 201 Å². The fraction of sp³-hybridized carbons (Fsp3) is 0.120. The highest BCUT2D eigenvalue weighted by molar-refractivity contribution is 7.92. The minimum atomic E-state index is -3.88. The van der Waals surface area contributed by atoms with Gasteiger partial charge in [-0.15, -0.1) is 0 Å². The third kappa shape index (κ3) is 4.49. The number of nitriles is 1. The van der Waals surface area contributed by atoms with E-state index in [1.165, 1.54) is 36.4 Å². The molecule has 0 radical (unpaired) electrons. The Kier molecular flexibility index (Phi) is 5.76. The van der Waals surface area contributed by atoms with E-state index in [0.717, 1.165) is 5.52 Å². The van der Waals surface area contributed by atoms with E-state index in [9.17, 15) is 18.5 Å². The van der Waals surface area contributed by atoms with Crippen molar-refractivity contribution < 1.29 is 27.4 Å². The summed E-state index contributed by atoms with van der Waals surface area (Å²) >= 11 is 0. The Balaban J connectivity index is 1.26. The van der Waals surface area contributed by atoms with Gasteiger partial charge in [-0.1, -0.05) is 6.07 Å². The number of nitrogens with zero attached hydrogens (tertiary/aromatic N) is 2. The molecule has 0 bridgehead atoms. The highest BCUT2D eigenvalue weighted by atomic mass is 32.2. The smallest absolute Gasteiger partial charge is 0.338 e. The lowest BCUT2D eigenvalue weighted by Crippen LogP contribution is -2.17. The summed E-state index contributed by atoms with van der Waals surface area (Å²) < 4.78 is 46.1. The molecular formula is C25H19N3O6S. The minimum Gasteiger partial charge on any atom is -0.486 e. The number of ether oxygens (including phenoxy) is 3. The van der Waals surface area contributed by atoms with Crippen LogP contribution in [0.3, 0.4) is 0 Å². The summed E-state index contributed by atoms with van der Waals surface area (Å²) in [4.78, 5) is 12.5.